The average Bonchev–Trinajstić information content (AvgIpc) is 3.07. The number of hydrogen-bond acceptors (Lipinski definition) is 7. The summed E-state index contributed by atoms with van der Waals surface area (Å²) in [5, 5.41) is 0.632. The van der Waals surface area contributed by atoms with E-state index in [1.54, 1.807) is 51.9 Å². The second-order valence-corrected chi connectivity index (χ2v) is 10.6. The molecule has 0 aliphatic heterocycles. The van der Waals surface area contributed by atoms with Gasteiger partial charge in [0.25, 0.3) is 11.1 Å². The van der Waals surface area contributed by atoms with Crippen LogP contribution in [0.4, 0.5) is 4.39 Å². The Labute approximate surface area is 264 Å². The second kappa shape index (κ2) is 14.3. The van der Waals surface area contributed by atoms with Crippen LogP contribution in [0.5, 0.6) is 0 Å². The summed E-state index contributed by atoms with van der Waals surface area (Å²) in [6.07, 6.45) is 3.33. The van der Waals surface area contributed by atoms with Crippen LogP contribution in [0.2, 0.25) is 5.02 Å². The van der Waals surface area contributed by atoms with E-state index in [4.69, 9.17) is 11.6 Å². The first-order chi connectivity index (χ1) is 21.8. The van der Waals surface area contributed by atoms with Crippen LogP contribution in [0.25, 0.3) is 44.8 Å². The van der Waals surface area contributed by atoms with E-state index in [0.29, 0.717) is 51.7 Å². The van der Waals surface area contributed by atoms with Crippen LogP contribution in [-0.4, -0.2) is 53.6 Å². The lowest BCUT2D eigenvalue weighted by Crippen LogP contribution is -2.32. The number of likely N-dealkylation sites (N-methyl/N-ethyl adjacent to an activating group) is 1. The fourth-order valence-corrected chi connectivity index (χ4v) is 5.17. The number of nitrogens with zero attached hydrogens (tertiary/aromatic N) is 7. The van der Waals surface area contributed by atoms with Crippen molar-refractivity contribution in [1.29, 1.82) is 0 Å². The number of hydrogen-bond donors (Lipinski definition) is 0. The maximum absolute atomic E-state index is 13.1. The number of aromatic nitrogens is 6. The van der Waals surface area contributed by atoms with Gasteiger partial charge in [0.05, 0.1) is 5.52 Å². The highest BCUT2D eigenvalue weighted by atomic mass is 35.5. The molecule has 0 N–H and O–H groups in total. The molecule has 45 heavy (non-hydrogen) atoms. The summed E-state index contributed by atoms with van der Waals surface area (Å²) in [4.78, 5) is 45.3. The molecule has 0 saturated heterocycles. The molecule has 0 unspecified atom stereocenters. The van der Waals surface area contributed by atoms with Crippen LogP contribution in [-0.2, 0) is 13.1 Å². The molecule has 0 amide bonds. The predicted octanol–water partition coefficient (Wildman–Crippen LogP) is 6.07. The van der Waals surface area contributed by atoms with E-state index in [1.165, 1.54) is 12.1 Å². The number of halogens is 2. The van der Waals surface area contributed by atoms with Crippen LogP contribution in [0.1, 0.15) is 20.8 Å². The number of fused-ring (bicyclic) bond motifs is 2. The molecule has 6 aromatic rings. The van der Waals surface area contributed by atoms with Gasteiger partial charge in [-0.25, -0.2) is 24.3 Å². The molecule has 0 fully saturated rings. The SMILES string of the molecule is CCN(CC)CCn1c(=O)c(-c2ccc(Cl)cc2)nc2cccnc21.CCn1c(=O)c(-c2ccc(F)cc2)nc2ncccc21. The fraction of sp³-hybridized carbons (Fsp3) is 0.235. The quantitative estimate of drug-likeness (QED) is 0.202. The maximum atomic E-state index is 13.1. The van der Waals surface area contributed by atoms with Crippen molar-refractivity contribution in [3.8, 4) is 22.5 Å². The van der Waals surface area contributed by atoms with Crippen LogP contribution >= 0.6 is 11.6 Å². The number of pyridine rings is 2. The number of aryl methyl sites for hydroxylation is 1. The van der Waals surface area contributed by atoms with Gasteiger partial charge in [-0.15, -0.1) is 0 Å². The van der Waals surface area contributed by atoms with E-state index in [0.717, 1.165) is 25.2 Å². The minimum atomic E-state index is -0.344. The van der Waals surface area contributed by atoms with Crippen molar-refractivity contribution in [2.45, 2.75) is 33.9 Å². The molecule has 230 valence electrons. The highest BCUT2D eigenvalue weighted by Gasteiger charge is 2.15. The Hall–Kier alpha value is -4.80. The summed E-state index contributed by atoms with van der Waals surface area (Å²) >= 11 is 5.96. The van der Waals surface area contributed by atoms with Crippen LogP contribution in [0.15, 0.2) is 94.8 Å². The van der Waals surface area contributed by atoms with E-state index < -0.39 is 0 Å². The van der Waals surface area contributed by atoms with E-state index >= 15 is 0 Å². The molecule has 6 rings (SSSR count). The predicted molar refractivity (Wildman–Crippen MR) is 177 cm³/mol. The molecule has 0 spiro atoms. The molecule has 0 aliphatic carbocycles. The van der Waals surface area contributed by atoms with Gasteiger partial charge in [0.2, 0.25) is 0 Å². The first-order valence-electron chi connectivity index (χ1n) is 14.8. The third kappa shape index (κ3) is 6.97. The molecule has 4 aromatic heterocycles. The molecule has 9 nitrogen and oxygen atoms in total. The van der Waals surface area contributed by atoms with Crippen molar-refractivity contribution in [1.82, 2.24) is 34.0 Å². The van der Waals surface area contributed by atoms with Crippen LogP contribution < -0.4 is 11.1 Å². The number of rotatable bonds is 8. The van der Waals surface area contributed by atoms with E-state index in [-0.39, 0.29) is 22.6 Å². The largest absolute Gasteiger partial charge is 0.304 e. The normalized spacial score (nSPS) is 11.2. The van der Waals surface area contributed by atoms with E-state index in [1.807, 2.05) is 37.3 Å². The summed E-state index contributed by atoms with van der Waals surface area (Å²) in [6.45, 7) is 9.93. The van der Waals surface area contributed by atoms with Crippen molar-refractivity contribution in [2.24, 2.45) is 0 Å². The Bertz CT molecular complexity index is 2040. The Morgan fingerprint density at radius 3 is 2.02 bits per heavy atom. The third-order valence-electron chi connectivity index (χ3n) is 7.51. The van der Waals surface area contributed by atoms with E-state index in [9.17, 15) is 14.0 Å². The molecular formula is C34H33ClFN7O2. The topological polar surface area (TPSA) is 98.8 Å². The Kier molecular flexibility index (Phi) is 10.1. The van der Waals surface area contributed by atoms with Crippen molar-refractivity contribution in [3.63, 3.8) is 0 Å². The average molecular weight is 626 g/mol. The molecule has 2 aromatic carbocycles. The van der Waals surface area contributed by atoms with Crippen molar-refractivity contribution in [2.75, 3.05) is 19.6 Å². The minimum absolute atomic E-state index is 0.124. The zero-order chi connectivity index (χ0) is 31.9. The summed E-state index contributed by atoms with van der Waals surface area (Å²) in [7, 11) is 0. The molecule has 4 heterocycles. The Morgan fingerprint density at radius 2 is 1.36 bits per heavy atom. The zero-order valence-corrected chi connectivity index (χ0v) is 26.1. The summed E-state index contributed by atoms with van der Waals surface area (Å²) in [6, 6.07) is 20.2. The zero-order valence-electron chi connectivity index (χ0n) is 25.3. The van der Waals surface area contributed by atoms with Gasteiger partial charge in [-0.1, -0.05) is 37.6 Å². The smallest absolute Gasteiger partial charge is 0.278 e. The standard InChI is InChI=1S/C19H21ClN4O.C15H12FN3O/c1-3-23(4-2)12-13-24-18-16(6-5-11-21-18)22-17(19(24)25)14-7-9-15(20)10-8-14;1-2-19-12-4-3-9-17-14(12)18-13(15(19)20)10-5-7-11(16)8-6-10/h5-11H,3-4,12-13H2,1-2H3;3-9H,2H2,1H3. The number of benzene rings is 2. The van der Waals surface area contributed by atoms with Crippen molar-refractivity contribution >= 4 is 33.9 Å². The Morgan fingerprint density at radius 1 is 0.756 bits per heavy atom. The molecule has 0 aliphatic rings. The van der Waals surface area contributed by atoms with Crippen LogP contribution in [0, 0.1) is 5.82 Å². The summed E-state index contributed by atoms with van der Waals surface area (Å²) in [5.41, 5.74) is 4.29. The van der Waals surface area contributed by atoms with Gasteiger partial charge in [0.1, 0.15) is 22.7 Å². The van der Waals surface area contributed by atoms with Gasteiger partial charge in [-0.2, -0.15) is 0 Å². The monoisotopic (exact) mass is 625 g/mol. The summed E-state index contributed by atoms with van der Waals surface area (Å²) < 4.78 is 16.3. The van der Waals surface area contributed by atoms with Gasteiger partial charge >= 0.3 is 0 Å². The second-order valence-electron chi connectivity index (χ2n) is 10.2. The molecule has 0 atom stereocenters. The van der Waals surface area contributed by atoms with Crippen molar-refractivity contribution < 1.29 is 4.39 Å². The van der Waals surface area contributed by atoms with Gasteiger partial charge in [0.15, 0.2) is 11.3 Å². The molecule has 0 radical (unpaired) electrons. The molecule has 11 heteroatoms. The highest BCUT2D eigenvalue weighted by molar-refractivity contribution is 6.30. The lowest BCUT2D eigenvalue weighted by atomic mass is 10.1. The van der Waals surface area contributed by atoms with E-state index in [2.05, 4.69) is 38.7 Å². The third-order valence-corrected chi connectivity index (χ3v) is 7.76. The van der Waals surface area contributed by atoms with Crippen LogP contribution in [0.3, 0.4) is 0 Å². The lowest BCUT2D eigenvalue weighted by Gasteiger charge is -2.19. The first-order valence-corrected chi connectivity index (χ1v) is 15.2. The van der Waals surface area contributed by atoms with Crippen molar-refractivity contribution in [3.05, 3.63) is 117 Å². The molecular weight excluding hydrogens is 593 g/mol. The first kappa shape index (κ1) is 31.6. The fourth-order valence-electron chi connectivity index (χ4n) is 5.05. The lowest BCUT2D eigenvalue weighted by molar-refractivity contribution is 0.290. The van der Waals surface area contributed by atoms with Gasteiger partial charge in [0, 0.05) is 48.2 Å². The molecule has 0 saturated carbocycles. The molecule has 0 bridgehead atoms. The minimum Gasteiger partial charge on any atom is -0.304 e. The maximum Gasteiger partial charge on any atom is 0.278 e. The Balaban J connectivity index is 0.000000182. The highest BCUT2D eigenvalue weighted by Crippen LogP contribution is 2.20. The van der Waals surface area contributed by atoms with Gasteiger partial charge < -0.3 is 9.47 Å². The summed E-state index contributed by atoms with van der Waals surface area (Å²) in [5.74, 6) is -0.344. The van der Waals surface area contributed by atoms with Gasteiger partial charge in [-0.05, 0) is 80.7 Å². The van der Waals surface area contributed by atoms with Gasteiger partial charge in [-0.3, -0.25) is 14.2 Å².